The Morgan fingerprint density at radius 2 is 1.96 bits per heavy atom. The summed E-state index contributed by atoms with van der Waals surface area (Å²) >= 11 is 5.79. The number of amides is 1. The van der Waals surface area contributed by atoms with E-state index in [9.17, 15) is 9.59 Å². The SMILES string of the molecule is Cc1cccc2cc(CNC(=O)COc3ccc(Cl)cc3)c(=O)[nH]c12. The molecule has 0 aliphatic carbocycles. The van der Waals surface area contributed by atoms with Gasteiger partial charge in [-0.3, -0.25) is 9.59 Å². The average Bonchev–Trinajstić information content (AvgIpc) is 2.60. The van der Waals surface area contributed by atoms with Gasteiger partial charge < -0.3 is 15.0 Å². The molecule has 0 aliphatic rings. The van der Waals surface area contributed by atoms with Crippen molar-refractivity contribution in [2.75, 3.05) is 6.61 Å². The van der Waals surface area contributed by atoms with E-state index in [4.69, 9.17) is 16.3 Å². The van der Waals surface area contributed by atoms with E-state index in [1.54, 1.807) is 30.3 Å². The minimum Gasteiger partial charge on any atom is -0.484 e. The predicted octanol–water partition coefficient (Wildman–Crippen LogP) is 3.19. The van der Waals surface area contributed by atoms with Gasteiger partial charge in [-0.1, -0.05) is 29.8 Å². The Kier molecular flexibility index (Phi) is 5.05. The number of para-hydroxylation sites is 1. The summed E-state index contributed by atoms with van der Waals surface area (Å²) in [7, 11) is 0. The summed E-state index contributed by atoms with van der Waals surface area (Å²) in [6.07, 6.45) is 0. The zero-order valence-electron chi connectivity index (χ0n) is 13.6. The number of fused-ring (bicyclic) bond motifs is 1. The predicted molar refractivity (Wildman–Crippen MR) is 98.1 cm³/mol. The lowest BCUT2D eigenvalue weighted by atomic mass is 10.1. The largest absolute Gasteiger partial charge is 0.484 e. The van der Waals surface area contributed by atoms with E-state index in [0.717, 1.165) is 16.5 Å². The van der Waals surface area contributed by atoms with Crippen LogP contribution in [0.4, 0.5) is 0 Å². The van der Waals surface area contributed by atoms with Gasteiger partial charge in [0.05, 0.1) is 5.52 Å². The molecule has 1 heterocycles. The smallest absolute Gasteiger partial charge is 0.258 e. The molecule has 3 aromatic rings. The number of H-pyrrole nitrogens is 1. The maximum absolute atomic E-state index is 12.2. The zero-order valence-corrected chi connectivity index (χ0v) is 14.4. The van der Waals surface area contributed by atoms with Crippen molar-refractivity contribution >= 4 is 28.4 Å². The highest BCUT2D eigenvalue weighted by molar-refractivity contribution is 6.30. The molecule has 6 heteroatoms. The summed E-state index contributed by atoms with van der Waals surface area (Å²) in [6.45, 7) is 1.95. The maximum atomic E-state index is 12.2. The first-order chi connectivity index (χ1) is 12.0. The molecule has 25 heavy (non-hydrogen) atoms. The van der Waals surface area contributed by atoms with Crippen molar-refractivity contribution < 1.29 is 9.53 Å². The number of carbonyl (C=O) groups excluding carboxylic acids is 1. The third-order valence-corrected chi connectivity index (χ3v) is 4.08. The number of hydrogen-bond acceptors (Lipinski definition) is 3. The number of aromatic amines is 1. The van der Waals surface area contributed by atoms with Crippen LogP contribution in [0.5, 0.6) is 5.75 Å². The van der Waals surface area contributed by atoms with Gasteiger partial charge in [-0.15, -0.1) is 0 Å². The quantitative estimate of drug-likeness (QED) is 0.737. The van der Waals surface area contributed by atoms with Gasteiger partial charge >= 0.3 is 0 Å². The fraction of sp³-hybridized carbons (Fsp3) is 0.158. The summed E-state index contributed by atoms with van der Waals surface area (Å²) in [5.41, 5.74) is 2.11. The summed E-state index contributed by atoms with van der Waals surface area (Å²) in [4.78, 5) is 26.9. The van der Waals surface area contributed by atoms with Crippen molar-refractivity contribution in [3.05, 3.63) is 75.0 Å². The second kappa shape index (κ2) is 7.40. The van der Waals surface area contributed by atoms with Crippen molar-refractivity contribution in [1.29, 1.82) is 0 Å². The van der Waals surface area contributed by atoms with Gasteiger partial charge in [0.15, 0.2) is 6.61 Å². The first-order valence-corrected chi connectivity index (χ1v) is 8.17. The summed E-state index contributed by atoms with van der Waals surface area (Å²) < 4.78 is 5.37. The van der Waals surface area contributed by atoms with Crippen molar-refractivity contribution in [2.24, 2.45) is 0 Å². The van der Waals surface area contributed by atoms with E-state index in [1.165, 1.54) is 0 Å². The molecule has 2 N–H and O–H groups in total. The Labute approximate surface area is 149 Å². The molecule has 3 rings (SSSR count). The highest BCUT2D eigenvalue weighted by Gasteiger charge is 2.07. The van der Waals surface area contributed by atoms with Crippen LogP contribution in [0.2, 0.25) is 5.02 Å². The third-order valence-electron chi connectivity index (χ3n) is 3.82. The first kappa shape index (κ1) is 17.0. The van der Waals surface area contributed by atoms with E-state index in [2.05, 4.69) is 10.3 Å². The number of carbonyl (C=O) groups is 1. The van der Waals surface area contributed by atoms with Crippen LogP contribution in [-0.2, 0) is 11.3 Å². The first-order valence-electron chi connectivity index (χ1n) is 7.79. The molecule has 128 valence electrons. The molecule has 0 saturated carbocycles. The molecule has 0 radical (unpaired) electrons. The summed E-state index contributed by atoms with van der Waals surface area (Å²) in [5, 5.41) is 4.22. The number of pyridine rings is 1. The van der Waals surface area contributed by atoms with Crippen LogP contribution in [0.1, 0.15) is 11.1 Å². The maximum Gasteiger partial charge on any atom is 0.258 e. The molecular formula is C19H17ClN2O3. The van der Waals surface area contributed by atoms with Crippen LogP contribution >= 0.6 is 11.6 Å². The molecule has 0 spiro atoms. The molecular weight excluding hydrogens is 340 g/mol. The van der Waals surface area contributed by atoms with Crippen molar-refractivity contribution in [3.8, 4) is 5.75 Å². The fourth-order valence-electron chi connectivity index (χ4n) is 2.48. The van der Waals surface area contributed by atoms with Crippen molar-refractivity contribution in [1.82, 2.24) is 10.3 Å². The molecule has 0 unspecified atom stereocenters. The lowest BCUT2D eigenvalue weighted by molar-refractivity contribution is -0.123. The van der Waals surface area contributed by atoms with Crippen LogP contribution in [0.25, 0.3) is 10.9 Å². The van der Waals surface area contributed by atoms with E-state index in [-0.39, 0.29) is 24.6 Å². The van der Waals surface area contributed by atoms with Gasteiger partial charge in [-0.25, -0.2) is 0 Å². The summed E-state index contributed by atoms with van der Waals surface area (Å²) in [5.74, 6) is 0.247. The molecule has 1 amide bonds. The highest BCUT2D eigenvalue weighted by atomic mass is 35.5. The number of hydrogen-bond donors (Lipinski definition) is 2. The Balaban J connectivity index is 1.62. The number of aryl methyl sites for hydroxylation is 1. The van der Waals surface area contributed by atoms with E-state index < -0.39 is 0 Å². The fourth-order valence-corrected chi connectivity index (χ4v) is 2.61. The second-order valence-electron chi connectivity index (χ2n) is 5.68. The van der Waals surface area contributed by atoms with Crippen LogP contribution in [0.15, 0.2) is 53.3 Å². The second-order valence-corrected chi connectivity index (χ2v) is 6.12. The number of nitrogens with one attached hydrogen (secondary N) is 2. The average molecular weight is 357 g/mol. The molecule has 2 aromatic carbocycles. The topological polar surface area (TPSA) is 71.2 Å². The van der Waals surface area contributed by atoms with Gasteiger partial charge in [0.2, 0.25) is 0 Å². The standard InChI is InChI=1S/C19H17ClN2O3/c1-12-3-2-4-13-9-14(19(24)22-18(12)13)10-21-17(23)11-25-16-7-5-15(20)6-8-16/h2-9H,10-11H2,1H3,(H,21,23)(H,22,24). The van der Waals surface area contributed by atoms with Crippen LogP contribution < -0.4 is 15.6 Å². The lowest BCUT2D eigenvalue weighted by Crippen LogP contribution is -2.30. The Hall–Kier alpha value is -2.79. The molecule has 0 atom stereocenters. The minimum atomic E-state index is -0.307. The van der Waals surface area contributed by atoms with Gasteiger partial charge in [0.25, 0.3) is 11.5 Å². The van der Waals surface area contributed by atoms with E-state index >= 15 is 0 Å². The van der Waals surface area contributed by atoms with Gasteiger partial charge in [0, 0.05) is 17.1 Å². The summed E-state index contributed by atoms with van der Waals surface area (Å²) in [6, 6.07) is 14.3. The number of aromatic nitrogens is 1. The van der Waals surface area contributed by atoms with Crippen LogP contribution in [-0.4, -0.2) is 17.5 Å². The number of halogens is 1. The Morgan fingerprint density at radius 3 is 2.72 bits per heavy atom. The van der Waals surface area contributed by atoms with Gasteiger partial charge in [0.1, 0.15) is 5.75 Å². The third kappa shape index (κ3) is 4.19. The molecule has 0 aliphatic heterocycles. The number of ether oxygens (including phenoxy) is 1. The minimum absolute atomic E-state index is 0.133. The molecule has 0 bridgehead atoms. The van der Waals surface area contributed by atoms with Crippen LogP contribution in [0, 0.1) is 6.92 Å². The zero-order chi connectivity index (χ0) is 17.8. The van der Waals surface area contributed by atoms with Crippen molar-refractivity contribution in [3.63, 3.8) is 0 Å². The molecule has 5 nitrogen and oxygen atoms in total. The normalized spacial score (nSPS) is 10.6. The highest BCUT2D eigenvalue weighted by Crippen LogP contribution is 2.16. The Morgan fingerprint density at radius 1 is 1.20 bits per heavy atom. The lowest BCUT2D eigenvalue weighted by Gasteiger charge is -2.08. The Bertz CT molecular complexity index is 965. The van der Waals surface area contributed by atoms with E-state index in [0.29, 0.717) is 16.3 Å². The van der Waals surface area contributed by atoms with E-state index in [1.807, 2.05) is 25.1 Å². The molecule has 0 saturated heterocycles. The van der Waals surface area contributed by atoms with Gasteiger partial charge in [-0.05, 0) is 48.2 Å². The number of benzene rings is 2. The molecule has 1 aromatic heterocycles. The van der Waals surface area contributed by atoms with Gasteiger partial charge in [-0.2, -0.15) is 0 Å². The van der Waals surface area contributed by atoms with Crippen molar-refractivity contribution in [2.45, 2.75) is 13.5 Å². The number of rotatable bonds is 5. The van der Waals surface area contributed by atoms with Crippen LogP contribution in [0.3, 0.4) is 0 Å². The monoisotopic (exact) mass is 356 g/mol. The molecule has 0 fully saturated rings.